The van der Waals surface area contributed by atoms with Crippen molar-refractivity contribution >= 4 is 33.2 Å². The van der Waals surface area contributed by atoms with Gasteiger partial charge in [-0.05, 0) is 42.8 Å². The Morgan fingerprint density at radius 2 is 1.86 bits per heavy atom. The SMILES string of the molecule is O=c1sc2ccccc2n1CCCOc1ccc(Cl)cc1. The summed E-state index contributed by atoms with van der Waals surface area (Å²) in [6.07, 6.45) is 0.781. The average molecular weight is 320 g/mol. The fourth-order valence-corrected chi connectivity index (χ4v) is 3.21. The molecule has 0 unspecified atom stereocenters. The molecule has 0 amide bonds. The van der Waals surface area contributed by atoms with Gasteiger partial charge in [-0.1, -0.05) is 35.1 Å². The Balaban J connectivity index is 1.61. The van der Waals surface area contributed by atoms with Crippen molar-refractivity contribution in [3.63, 3.8) is 0 Å². The Kier molecular flexibility index (Phi) is 4.27. The van der Waals surface area contributed by atoms with Gasteiger partial charge in [0.25, 0.3) is 0 Å². The van der Waals surface area contributed by atoms with Gasteiger partial charge in [-0.3, -0.25) is 9.36 Å². The molecular formula is C16H14ClNO2S. The molecule has 0 N–H and O–H groups in total. The number of halogens is 1. The number of para-hydroxylation sites is 1. The number of benzene rings is 2. The van der Waals surface area contributed by atoms with Crippen molar-refractivity contribution in [2.45, 2.75) is 13.0 Å². The van der Waals surface area contributed by atoms with Crippen LogP contribution >= 0.6 is 22.9 Å². The van der Waals surface area contributed by atoms with E-state index in [4.69, 9.17) is 16.3 Å². The van der Waals surface area contributed by atoms with E-state index >= 15 is 0 Å². The summed E-state index contributed by atoms with van der Waals surface area (Å²) >= 11 is 7.11. The lowest BCUT2D eigenvalue weighted by Gasteiger charge is -2.07. The van der Waals surface area contributed by atoms with Crippen LogP contribution in [0.15, 0.2) is 53.3 Å². The third-order valence-corrected chi connectivity index (χ3v) is 4.39. The fraction of sp³-hybridized carbons (Fsp3) is 0.188. The van der Waals surface area contributed by atoms with E-state index in [9.17, 15) is 4.79 Å². The molecule has 3 aromatic rings. The molecule has 0 atom stereocenters. The van der Waals surface area contributed by atoms with Gasteiger partial charge in [-0.15, -0.1) is 0 Å². The molecule has 0 saturated carbocycles. The lowest BCUT2D eigenvalue weighted by molar-refractivity contribution is 0.302. The molecule has 0 aliphatic rings. The van der Waals surface area contributed by atoms with Gasteiger partial charge in [0.1, 0.15) is 5.75 Å². The van der Waals surface area contributed by atoms with Crippen molar-refractivity contribution in [3.05, 3.63) is 63.2 Å². The lowest BCUT2D eigenvalue weighted by atomic mass is 10.3. The molecule has 0 bridgehead atoms. The van der Waals surface area contributed by atoms with Crippen LogP contribution in [0, 0.1) is 0 Å². The third kappa shape index (κ3) is 3.28. The number of aromatic nitrogens is 1. The van der Waals surface area contributed by atoms with Gasteiger partial charge in [0.05, 0.1) is 16.8 Å². The highest BCUT2D eigenvalue weighted by Crippen LogP contribution is 2.17. The van der Waals surface area contributed by atoms with Gasteiger partial charge >= 0.3 is 4.87 Å². The Morgan fingerprint density at radius 3 is 2.67 bits per heavy atom. The predicted molar refractivity (Wildman–Crippen MR) is 87.6 cm³/mol. The van der Waals surface area contributed by atoms with Crippen LogP contribution in [-0.2, 0) is 6.54 Å². The molecule has 1 aromatic heterocycles. The van der Waals surface area contributed by atoms with E-state index in [1.165, 1.54) is 11.3 Å². The van der Waals surface area contributed by atoms with Crippen molar-refractivity contribution in [3.8, 4) is 5.75 Å². The van der Waals surface area contributed by atoms with Crippen LogP contribution in [0.3, 0.4) is 0 Å². The summed E-state index contributed by atoms with van der Waals surface area (Å²) < 4.78 is 8.48. The highest BCUT2D eigenvalue weighted by atomic mass is 35.5. The van der Waals surface area contributed by atoms with Crippen molar-refractivity contribution < 1.29 is 4.74 Å². The second-order valence-corrected chi connectivity index (χ2v) is 6.07. The largest absolute Gasteiger partial charge is 0.494 e. The number of aryl methyl sites for hydroxylation is 1. The zero-order valence-corrected chi connectivity index (χ0v) is 12.9. The zero-order valence-electron chi connectivity index (χ0n) is 11.3. The molecule has 3 rings (SSSR count). The number of nitrogens with zero attached hydrogens (tertiary/aromatic N) is 1. The first kappa shape index (κ1) is 14.2. The van der Waals surface area contributed by atoms with Crippen LogP contribution in [0.4, 0.5) is 0 Å². The van der Waals surface area contributed by atoms with E-state index < -0.39 is 0 Å². The summed E-state index contributed by atoms with van der Waals surface area (Å²) in [5.41, 5.74) is 0.999. The average Bonchev–Trinajstić information content (AvgIpc) is 2.81. The summed E-state index contributed by atoms with van der Waals surface area (Å²) in [6.45, 7) is 1.23. The van der Waals surface area contributed by atoms with E-state index in [0.717, 1.165) is 22.4 Å². The molecule has 0 fully saturated rings. The number of fused-ring (bicyclic) bond motifs is 1. The van der Waals surface area contributed by atoms with E-state index in [1.54, 1.807) is 12.1 Å². The zero-order chi connectivity index (χ0) is 14.7. The van der Waals surface area contributed by atoms with Crippen LogP contribution in [-0.4, -0.2) is 11.2 Å². The molecule has 0 aliphatic heterocycles. The molecule has 2 aromatic carbocycles. The normalized spacial score (nSPS) is 10.9. The highest BCUT2D eigenvalue weighted by Gasteiger charge is 2.06. The quantitative estimate of drug-likeness (QED) is 0.660. The minimum atomic E-state index is 0.0858. The second-order valence-electron chi connectivity index (χ2n) is 4.64. The Bertz CT molecular complexity index is 792. The molecule has 5 heteroatoms. The summed E-state index contributed by atoms with van der Waals surface area (Å²) in [7, 11) is 0. The van der Waals surface area contributed by atoms with Crippen molar-refractivity contribution in [1.29, 1.82) is 0 Å². The van der Waals surface area contributed by atoms with Gasteiger partial charge in [-0.25, -0.2) is 0 Å². The molecule has 0 aliphatic carbocycles. The Labute approximate surface area is 131 Å². The fourth-order valence-electron chi connectivity index (χ4n) is 2.17. The maximum Gasteiger partial charge on any atom is 0.308 e. The van der Waals surface area contributed by atoms with E-state index in [1.807, 2.05) is 41.0 Å². The van der Waals surface area contributed by atoms with Gasteiger partial charge in [0.2, 0.25) is 0 Å². The Hall–Kier alpha value is -1.78. The number of hydrogen-bond acceptors (Lipinski definition) is 3. The van der Waals surface area contributed by atoms with Crippen LogP contribution in [0.2, 0.25) is 5.02 Å². The molecule has 108 valence electrons. The molecule has 21 heavy (non-hydrogen) atoms. The first-order valence-corrected chi connectivity index (χ1v) is 7.90. The van der Waals surface area contributed by atoms with Crippen molar-refractivity contribution in [2.24, 2.45) is 0 Å². The van der Waals surface area contributed by atoms with E-state index in [0.29, 0.717) is 18.2 Å². The van der Waals surface area contributed by atoms with E-state index in [-0.39, 0.29) is 4.87 Å². The molecule has 0 radical (unpaired) electrons. The van der Waals surface area contributed by atoms with Crippen LogP contribution in [0.5, 0.6) is 5.75 Å². The molecule has 1 heterocycles. The summed E-state index contributed by atoms with van der Waals surface area (Å²) in [5.74, 6) is 0.793. The monoisotopic (exact) mass is 319 g/mol. The predicted octanol–water partition coefficient (Wildman–Crippen LogP) is 4.19. The van der Waals surface area contributed by atoms with Gasteiger partial charge in [-0.2, -0.15) is 0 Å². The standard InChI is InChI=1S/C16H14ClNO2S/c17-12-6-8-13(9-7-12)20-11-3-10-18-14-4-1-2-5-15(14)21-16(18)19/h1-2,4-9H,3,10-11H2. The lowest BCUT2D eigenvalue weighted by Crippen LogP contribution is -2.14. The minimum Gasteiger partial charge on any atom is -0.494 e. The summed E-state index contributed by atoms with van der Waals surface area (Å²) in [4.78, 5) is 12.1. The van der Waals surface area contributed by atoms with Crippen LogP contribution in [0.1, 0.15) is 6.42 Å². The summed E-state index contributed by atoms with van der Waals surface area (Å²) in [6, 6.07) is 15.1. The molecule has 0 saturated heterocycles. The van der Waals surface area contributed by atoms with Crippen molar-refractivity contribution in [2.75, 3.05) is 6.61 Å². The number of ether oxygens (including phenoxy) is 1. The second kappa shape index (κ2) is 6.33. The van der Waals surface area contributed by atoms with E-state index in [2.05, 4.69) is 0 Å². The topological polar surface area (TPSA) is 31.2 Å². The van der Waals surface area contributed by atoms with Gasteiger partial charge < -0.3 is 4.74 Å². The maximum atomic E-state index is 12.0. The minimum absolute atomic E-state index is 0.0858. The third-order valence-electron chi connectivity index (χ3n) is 3.18. The number of thiazole rings is 1. The molecular weight excluding hydrogens is 306 g/mol. The highest BCUT2D eigenvalue weighted by molar-refractivity contribution is 7.16. The Morgan fingerprint density at radius 1 is 1.10 bits per heavy atom. The smallest absolute Gasteiger partial charge is 0.308 e. The maximum absolute atomic E-state index is 12.0. The van der Waals surface area contributed by atoms with Crippen LogP contribution in [0.25, 0.3) is 10.2 Å². The number of rotatable bonds is 5. The number of hydrogen-bond donors (Lipinski definition) is 0. The van der Waals surface area contributed by atoms with Crippen LogP contribution < -0.4 is 9.61 Å². The van der Waals surface area contributed by atoms with Crippen molar-refractivity contribution in [1.82, 2.24) is 4.57 Å². The first-order valence-electron chi connectivity index (χ1n) is 6.71. The molecule has 0 spiro atoms. The van der Waals surface area contributed by atoms with Gasteiger partial charge in [0.15, 0.2) is 0 Å². The molecule has 3 nitrogen and oxygen atoms in total. The first-order chi connectivity index (χ1) is 10.2. The summed E-state index contributed by atoms with van der Waals surface area (Å²) in [5, 5.41) is 0.693. The van der Waals surface area contributed by atoms with Gasteiger partial charge in [0, 0.05) is 11.6 Å².